The van der Waals surface area contributed by atoms with E-state index in [4.69, 9.17) is 13.9 Å². The highest BCUT2D eigenvalue weighted by atomic mass is 32.2. The smallest absolute Gasteiger partial charge is 0.255 e. The Morgan fingerprint density at radius 1 is 1.06 bits per heavy atom. The number of ether oxygens (including phenoxy) is 2. The molecule has 0 bridgehead atoms. The molecule has 10 heteroatoms. The number of rotatable bonds is 5. The normalized spacial score (nSPS) is 13.8. The van der Waals surface area contributed by atoms with E-state index in [0.29, 0.717) is 50.6 Å². The number of hydrogen-bond donors (Lipinski definition) is 1. The molecule has 0 saturated heterocycles. The second-order valence-electron chi connectivity index (χ2n) is 8.33. The summed E-state index contributed by atoms with van der Waals surface area (Å²) in [5.41, 5.74) is 2.45. The molecule has 1 aliphatic heterocycles. The molecule has 8 nitrogen and oxygen atoms in total. The Morgan fingerprint density at radius 2 is 1.72 bits per heavy atom. The predicted molar refractivity (Wildman–Crippen MR) is 133 cm³/mol. The SMILES string of the molecule is CNC(=O)c1c(-c2ccc(Oc3ccc(F)cc3)cc2)oc2cc3c(cc12)COCCN3S(C)(=O)=O. The van der Waals surface area contributed by atoms with E-state index in [0.717, 1.165) is 6.26 Å². The highest BCUT2D eigenvalue weighted by Gasteiger charge is 2.28. The molecule has 1 amide bonds. The maximum absolute atomic E-state index is 13.1. The third-order valence-corrected chi connectivity index (χ3v) is 7.05. The first-order valence-corrected chi connectivity index (χ1v) is 13.0. The molecule has 0 aliphatic carbocycles. The van der Waals surface area contributed by atoms with Crippen molar-refractivity contribution in [3.63, 3.8) is 0 Å². The lowest BCUT2D eigenvalue weighted by atomic mass is 10.0. The first-order chi connectivity index (χ1) is 17.2. The fraction of sp³-hybridized carbons (Fsp3) is 0.192. The molecule has 2 heterocycles. The number of carbonyl (C=O) groups excluding carboxylic acids is 1. The van der Waals surface area contributed by atoms with Crippen LogP contribution in [0, 0.1) is 5.82 Å². The van der Waals surface area contributed by atoms with Crippen molar-refractivity contribution in [1.29, 1.82) is 0 Å². The number of benzene rings is 3. The standard InChI is InChI=1S/C26H23FN2O6S/c1-28-26(30)24-21-13-17-15-33-12-11-29(36(2,31)32)22(17)14-23(21)35-25(24)16-3-7-19(8-4-16)34-20-9-5-18(27)6-10-20/h3-10,13-14H,11-12,15H2,1-2H3,(H,28,30). The summed E-state index contributed by atoms with van der Waals surface area (Å²) in [6.07, 6.45) is 1.14. The van der Waals surface area contributed by atoms with E-state index in [9.17, 15) is 17.6 Å². The van der Waals surface area contributed by atoms with Crippen molar-refractivity contribution in [1.82, 2.24) is 5.32 Å². The maximum Gasteiger partial charge on any atom is 0.255 e. The summed E-state index contributed by atoms with van der Waals surface area (Å²) >= 11 is 0. The minimum atomic E-state index is -3.54. The van der Waals surface area contributed by atoms with Crippen LogP contribution in [0.25, 0.3) is 22.3 Å². The van der Waals surface area contributed by atoms with E-state index in [1.165, 1.54) is 35.6 Å². The largest absolute Gasteiger partial charge is 0.457 e. The van der Waals surface area contributed by atoms with E-state index < -0.39 is 10.0 Å². The van der Waals surface area contributed by atoms with E-state index in [1.54, 1.807) is 36.4 Å². The van der Waals surface area contributed by atoms with Gasteiger partial charge in [-0.3, -0.25) is 9.10 Å². The van der Waals surface area contributed by atoms with Crippen LogP contribution in [-0.2, 0) is 21.4 Å². The van der Waals surface area contributed by atoms with Gasteiger partial charge in [-0.05, 0) is 54.6 Å². The molecular formula is C26H23FN2O6S. The van der Waals surface area contributed by atoms with Crippen LogP contribution in [0.5, 0.6) is 11.5 Å². The van der Waals surface area contributed by atoms with Crippen molar-refractivity contribution in [2.75, 3.05) is 30.8 Å². The first kappa shape index (κ1) is 23.8. The van der Waals surface area contributed by atoms with Crippen molar-refractivity contribution in [2.24, 2.45) is 0 Å². The van der Waals surface area contributed by atoms with Gasteiger partial charge in [-0.25, -0.2) is 12.8 Å². The number of furan rings is 1. The van der Waals surface area contributed by atoms with Gasteiger partial charge in [0.05, 0.1) is 37.3 Å². The minimum absolute atomic E-state index is 0.183. The van der Waals surface area contributed by atoms with Crippen LogP contribution in [0.4, 0.5) is 10.1 Å². The second-order valence-corrected chi connectivity index (χ2v) is 10.2. The van der Waals surface area contributed by atoms with Gasteiger partial charge in [0.15, 0.2) is 0 Å². The molecule has 4 aromatic rings. The second kappa shape index (κ2) is 9.29. The third-order valence-electron chi connectivity index (χ3n) is 5.87. The summed E-state index contributed by atoms with van der Waals surface area (Å²) in [4.78, 5) is 12.9. The number of nitrogens with zero attached hydrogens (tertiary/aromatic N) is 1. The van der Waals surface area contributed by atoms with Crippen LogP contribution < -0.4 is 14.4 Å². The molecule has 5 rings (SSSR count). The number of anilines is 1. The maximum atomic E-state index is 13.1. The molecule has 36 heavy (non-hydrogen) atoms. The molecule has 0 fully saturated rings. The molecule has 0 atom stereocenters. The van der Waals surface area contributed by atoms with Gasteiger partial charge in [-0.2, -0.15) is 0 Å². The van der Waals surface area contributed by atoms with Crippen molar-refractivity contribution in [3.8, 4) is 22.8 Å². The number of sulfonamides is 1. The fourth-order valence-corrected chi connectivity index (χ4v) is 5.12. The molecular weight excluding hydrogens is 487 g/mol. The Morgan fingerprint density at radius 3 is 2.36 bits per heavy atom. The number of carbonyl (C=O) groups is 1. The van der Waals surface area contributed by atoms with Crippen molar-refractivity contribution in [2.45, 2.75) is 6.61 Å². The van der Waals surface area contributed by atoms with E-state index in [-0.39, 0.29) is 31.5 Å². The summed E-state index contributed by atoms with van der Waals surface area (Å²) < 4.78 is 56.8. The molecule has 0 saturated carbocycles. The van der Waals surface area contributed by atoms with Crippen molar-refractivity contribution < 1.29 is 31.5 Å². The van der Waals surface area contributed by atoms with Gasteiger partial charge in [0.1, 0.15) is 28.7 Å². The Kier molecular flexibility index (Phi) is 6.15. The van der Waals surface area contributed by atoms with Crippen LogP contribution in [0.3, 0.4) is 0 Å². The molecule has 1 aliphatic rings. The number of fused-ring (bicyclic) bond motifs is 2. The molecule has 1 N–H and O–H groups in total. The predicted octanol–water partition coefficient (Wildman–Crippen LogP) is 4.69. The quantitative estimate of drug-likeness (QED) is 0.419. The third kappa shape index (κ3) is 4.52. The first-order valence-electron chi connectivity index (χ1n) is 11.2. The molecule has 0 radical (unpaired) electrons. The monoisotopic (exact) mass is 510 g/mol. The average molecular weight is 511 g/mol. The Labute approximate surface area is 207 Å². The zero-order valence-corrected chi connectivity index (χ0v) is 20.4. The molecule has 3 aromatic carbocycles. The van der Waals surface area contributed by atoms with E-state index >= 15 is 0 Å². The number of halogens is 1. The molecule has 0 spiro atoms. The lowest BCUT2D eigenvalue weighted by Gasteiger charge is -2.21. The van der Waals surface area contributed by atoms with Gasteiger partial charge >= 0.3 is 0 Å². The van der Waals surface area contributed by atoms with Gasteiger partial charge in [0, 0.05) is 29.6 Å². The Bertz CT molecular complexity index is 1550. The zero-order chi connectivity index (χ0) is 25.4. The van der Waals surface area contributed by atoms with Crippen LogP contribution in [0.1, 0.15) is 15.9 Å². The van der Waals surface area contributed by atoms with Crippen LogP contribution >= 0.6 is 0 Å². The lowest BCUT2D eigenvalue weighted by molar-refractivity contribution is 0.0964. The summed E-state index contributed by atoms with van der Waals surface area (Å²) in [6, 6.07) is 16.0. The topological polar surface area (TPSA) is 98.1 Å². The Hall–Kier alpha value is -3.89. The van der Waals surface area contributed by atoms with Gasteiger partial charge in [0.25, 0.3) is 5.91 Å². The number of nitrogens with one attached hydrogen (secondary N) is 1. The van der Waals surface area contributed by atoms with Crippen molar-refractivity contribution >= 4 is 32.6 Å². The highest BCUT2D eigenvalue weighted by Crippen LogP contribution is 2.39. The van der Waals surface area contributed by atoms with E-state index in [2.05, 4.69) is 5.32 Å². The highest BCUT2D eigenvalue weighted by molar-refractivity contribution is 7.92. The fourth-order valence-electron chi connectivity index (χ4n) is 4.19. The van der Waals surface area contributed by atoms with Gasteiger partial charge in [-0.15, -0.1) is 0 Å². The minimum Gasteiger partial charge on any atom is -0.457 e. The number of hydrogen-bond acceptors (Lipinski definition) is 6. The summed E-state index contributed by atoms with van der Waals surface area (Å²) in [5.74, 6) is 0.649. The summed E-state index contributed by atoms with van der Waals surface area (Å²) in [5, 5.41) is 3.20. The van der Waals surface area contributed by atoms with Gasteiger partial charge in [0.2, 0.25) is 10.0 Å². The van der Waals surface area contributed by atoms with Gasteiger partial charge in [-0.1, -0.05) is 0 Å². The molecule has 1 aromatic heterocycles. The average Bonchev–Trinajstić information content (AvgIpc) is 3.08. The molecule has 186 valence electrons. The molecule has 0 unspecified atom stereocenters. The van der Waals surface area contributed by atoms with Crippen molar-refractivity contribution in [3.05, 3.63) is 77.6 Å². The number of amides is 1. The summed E-state index contributed by atoms with van der Waals surface area (Å²) in [6.45, 7) is 0.645. The Balaban J connectivity index is 1.59. The van der Waals surface area contributed by atoms with Gasteiger partial charge < -0.3 is 19.2 Å². The van der Waals surface area contributed by atoms with Crippen LogP contribution in [0.15, 0.2) is 65.1 Å². The zero-order valence-electron chi connectivity index (χ0n) is 19.6. The van der Waals surface area contributed by atoms with E-state index in [1.807, 2.05) is 0 Å². The lowest BCUT2D eigenvalue weighted by Crippen LogP contribution is -2.32. The van der Waals surface area contributed by atoms with Crippen LogP contribution in [0.2, 0.25) is 0 Å². The van der Waals surface area contributed by atoms with Crippen LogP contribution in [-0.4, -0.2) is 40.8 Å². The summed E-state index contributed by atoms with van der Waals surface area (Å²) in [7, 11) is -2.01.